The number of piperazine rings is 3. The second-order valence-electron chi connectivity index (χ2n) is 30.7. The van der Waals surface area contributed by atoms with Crippen LogP contribution in [0.4, 0.5) is 60.8 Å². The van der Waals surface area contributed by atoms with E-state index in [-0.39, 0.29) is 11.8 Å². The summed E-state index contributed by atoms with van der Waals surface area (Å²) in [5.74, 6) is -1.28. The lowest BCUT2D eigenvalue weighted by Gasteiger charge is -2.36. The smallest absolute Gasteiger partial charge is 0.412 e. The van der Waals surface area contributed by atoms with Crippen molar-refractivity contribution < 1.29 is 38.6 Å². The zero-order chi connectivity index (χ0) is 82.3. The number of nitrogen functional groups attached to an aromatic ring is 2. The van der Waals surface area contributed by atoms with Crippen molar-refractivity contribution in [3.05, 3.63) is 304 Å². The highest BCUT2D eigenvalue weighted by Crippen LogP contribution is 2.36. The van der Waals surface area contributed by atoms with Crippen LogP contribution in [0.3, 0.4) is 0 Å². The van der Waals surface area contributed by atoms with E-state index in [1.165, 1.54) is 16.7 Å². The Bertz CT molecular complexity index is 5160. The predicted octanol–water partition coefficient (Wildman–Crippen LogP) is 20.0. The molecule has 23 heteroatoms. The number of anilines is 9. The number of nitrogens with one attached hydrogen (secondary N) is 4. The molecule has 3 aliphatic rings. The van der Waals surface area contributed by atoms with Crippen molar-refractivity contribution in [2.24, 2.45) is 0 Å². The van der Waals surface area contributed by atoms with Crippen LogP contribution in [0.25, 0.3) is 31.3 Å². The number of rotatable bonds is 19. The van der Waals surface area contributed by atoms with Crippen LogP contribution in [0.1, 0.15) is 89.3 Å². The number of amides is 4. The number of carboxylic acids is 1. The second kappa shape index (κ2) is 40.5. The summed E-state index contributed by atoms with van der Waals surface area (Å²) in [6.45, 7) is 25.7. The van der Waals surface area contributed by atoms with Crippen LogP contribution in [0, 0.1) is 0 Å². The lowest BCUT2D eigenvalue weighted by molar-refractivity contribution is 0.0624. The molecule has 6 heterocycles. The quantitative estimate of drug-likeness (QED) is 0.0372. The Hall–Kier alpha value is -12.1. The molecule has 15 rings (SSSR count). The van der Waals surface area contributed by atoms with E-state index in [9.17, 15) is 24.0 Å². The highest BCUT2D eigenvalue weighted by Gasteiger charge is 2.25. The number of carbonyl (C=O) groups is 5. The van der Waals surface area contributed by atoms with Gasteiger partial charge in [0.2, 0.25) is 0 Å². The third-order valence-corrected chi connectivity index (χ3v) is 22.4. The van der Waals surface area contributed by atoms with Crippen molar-refractivity contribution >= 4 is 115 Å². The van der Waals surface area contributed by atoms with Crippen LogP contribution in [-0.4, -0.2) is 140 Å². The van der Waals surface area contributed by atoms with E-state index in [0.29, 0.717) is 50.8 Å². The van der Waals surface area contributed by atoms with Crippen molar-refractivity contribution in [2.75, 3.05) is 126 Å². The normalized spacial score (nSPS) is 13.9. The van der Waals surface area contributed by atoms with Crippen LogP contribution in [-0.2, 0) is 29.1 Å². The zero-order valence-electron chi connectivity index (χ0n) is 67.0. The summed E-state index contributed by atoms with van der Waals surface area (Å²) in [5.41, 5.74) is 26.1. The van der Waals surface area contributed by atoms with Crippen LogP contribution in [0.15, 0.2) is 271 Å². The number of carboxylic acid groups (broad SMARTS) is 1. The minimum atomic E-state index is -0.876. The molecule has 3 aromatic heterocycles. The number of hydrogen-bond acceptors (Lipinski definition) is 18. The fourth-order valence-electron chi connectivity index (χ4n) is 13.6. The van der Waals surface area contributed by atoms with E-state index < -0.39 is 29.4 Å². The third-order valence-electron chi connectivity index (χ3n) is 19.6. The summed E-state index contributed by atoms with van der Waals surface area (Å²) in [6.07, 6.45) is -1.09. The number of thiophene rings is 3. The van der Waals surface area contributed by atoms with Gasteiger partial charge in [-0.25, -0.2) is 14.4 Å². The van der Waals surface area contributed by atoms with Crippen LogP contribution in [0.5, 0.6) is 0 Å². The summed E-state index contributed by atoms with van der Waals surface area (Å²) < 4.78 is 10.6. The van der Waals surface area contributed by atoms with Gasteiger partial charge in [-0.2, -0.15) is 0 Å². The molecule has 9 N–H and O–H groups in total. The Kier molecular flexibility index (Phi) is 29.2. The van der Waals surface area contributed by atoms with Gasteiger partial charge in [-0.3, -0.25) is 34.9 Å². The molecule has 0 unspecified atom stereocenters. The first-order valence-corrected chi connectivity index (χ1v) is 41.8. The van der Waals surface area contributed by atoms with E-state index in [1.807, 2.05) is 203 Å². The molecule has 3 aliphatic heterocycles. The first-order valence-electron chi connectivity index (χ1n) is 39.2. The summed E-state index contributed by atoms with van der Waals surface area (Å²) in [4.78, 5) is 79.1. The molecular formula is C94H102N12O8S3. The van der Waals surface area contributed by atoms with Crippen LogP contribution in [0.2, 0.25) is 0 Å². The predicted molar refractivity (Wildman–Crippen MR) is 482 cm³/mol. The third kappa shape index (κ3) is 25.5. The Labute approximate surface area is 697 Å². The lowest BCUT2D eigenvalue weighted by atomic mass is 10.1. The van der Waals surface area contributed by atoms with Gasteiger partial charge in [0.25, 0.3) is 11.8 Å². The number of hydrogen-bond donors (Lipinski definition) is 7. The highest BCUT2D eigenvalue weighted by atomic mass is 32.1. The summed E-state index contributed by atoms with van der Waals surface area (Å²) in [7, 11) is 0. The van der Waals surface area contributed by atoms with Gasteiger partial charge in [-0.1, -0.05) is 127 Å². The number of aromatic carboxylic acids is 1. The van der Waals surface area contributed by atoms with Gasteiger partial charge >= 0.3 is 18.2 Å². The van der Waals surface area contributed by atoms with Crippen molar-refractivity contribution in [2.45, 2.75) is 72.4 Å². The summed E-state index contributed by atoms with van der Waals surface area (Å²) in [5, 5.41) is 26.4. The molecule has 0 saturated carbocycles. The number of nitrogens with two attached hydrogens (primary N) is 2. The molecule has 0 aliphatic carbocycles. The summed E-state index contributed by atoms with van der Waals surface area (Å²) in [6, 6.07) is 83.4. The monoisotopic (exact) mass is 1620 g/mol. The van der Waals surface area contributed by atoms with Crippen molar-refractivity contribution in [3.63, 3.8) is 0 Å². The Balaban J connectivity index is 0.000000150. The molecular weight excluding hydrogens is 1520 g/mol. The van der Waals surface area contributed by atoms with E-state index in [2.05, 4.69) is 136 Å². The van der Waals surface area contributed by atoms with Gasteiger partial charge in [-0.15, -0.1) is 34.0 Å². The topological polar surface area (TPSA) is 244 Å². The SMILES string of the molecule is CC(C)(C)OC(=O)Nc1ccc(-c2cccs2)cc1N.CC(C)(C)OC(=O)Nc1ccc(-c2cccs2)cc1NC(=O)c1ccc(N2CCN(Cc3ccccc3)CC2)cc1.Nc1ccc(-c2cccs2)cc1NC(=O)c1ccc(N2CCN(Cc3ccccc3)CC2)cc1.O=C(O)c1ccc(N2CCN(Cc3ccccc3)CC2)cc1. The van der Waals surface area contributed by atoms with Gasteiger partial charge < -0.3 is 51.4 Å². The Morgan fingerprint density at radius 3 is 1.01 bits per heavy atom. The molecule has 117 heavy (non-hydrogen) atoms. The van der Waals surface area contributed by atoms with E-state index in [1.54, 1.807) is 58.3 Å². The maximum atomic E-state index is 13.3. The van der Waals surface area contributed by atoms with E-state index in [4.69, 9.17) is 26.0 Å². The van der Waals surface area contributed by atoms with E-state index >= 15 is 0 Å². The number of ether oxygens (including phenoxy) is 2. The minimum Gasteiger partial charge on any atom is -0.478 e. The number of benzene rings is 9. The molecule has 0 spiro atoms. The Morgan fingerprint density at radius 1 is 0.342 bits per heavy atom. The average molecular weight is 1620 g/mol. The average Bonchev–Trinajstić information content (AvgIpc) is 1.81. The van der Waals surface area contributed by atoms with Crippen molar-refractivity contribution in [3.8, 4) is 31.3 Å². The maximum Gasteiger partial charge on any atom is 0.412 e. The van der Waals surface area contributed by atoms with Gasteiger partial charge in [0.15, 0.2) is 0 Å². The van der Waals surface area contributed by atoms with Crippen molar-refractivity contribution in [1.29, 1.82) is 0 Å². The van der Waals surface area contributed by atoms with Gasteiger partial charge in [0, 0.05) is 141 Å². The number of carbonyl (C=O) groups excluding carboxylic acids is 4. The molecule has 9 aromatic carbocycles. The van der Waals surface area contributed by atoms with Gasteiger partial charge in [0.1, 0.15) is 11.2 Å². The molecule has 3 saturated heterocycles. The fourth-order valence-corrected chi connectivity index (χ4v) is 15.8. The lowest BCUT2D eigenvalue weighted by Crippen LogP contribution is -2.45. The van der Waals surface area contributed by atoms with Crippen molar-refractivity contribution in [1.82, 2.24) is 14.7 Å². The molecule has 3 fully saturated rings. The zero-order valence-corrected chi connectivity index (χ0v) is 69.4. The highest BCUT2D eigenvalue weighted by molar-refractivity contribution is 7.14. The molecule has 4 amide bonds. The molecule has 20 nitrogen and oxygen atoms in total. The first-order chi connectivity index (χ1) is 56.5. The number of nitrogens with zero attached hydrogens (tertiary/aromatic N) is 6. The molecule has 12 aromatic rings. The first kappa shape index (κ1) is 84.3. The molecule has 0 bridgehead atoms. The summed E-state index contributed by atoms with van der Waals surface area (Å²) >= 11 is 4.92. The fraction of sp³-hybridized carbons (Fsp3) is 0.245. The standard InChI is InChI=1S/C33H36N4O3S.C28H28N4OS.C18H20N2O2.C15H18N2O2S/c1-33(2,3)40-32(39)35-28-16-13-26(30-10-7-21-41-30)22-29(28)34-31(38)25-11-14-27(15-12-25)37-19-17-36(18-20-37)23-24-8-5-4-6-9-24;29-25-13-10-23(27-7-4-18-34-27)19-26(25)30-28(33)22-8-11-24(12-9-22)32-16-14-31(15-17-32)20-21-5-2-1-3-6-21;21-18(22)16-6-8-17(9-7-16)20-12-10-19(11-13-20)14-15-4-2-1-3-5-15;1-15(2,3)19-14(18)17-12-7-6-10(9-11(12)16)13-5-4-8-20-13/h4-16,21-22H,17-20,23H2,1-3H3,(H,34,38)(H,35,39);1-13,18-19H,14-17,20,29H2,(H,30,33);1-9H,10-14H2,(H,21,22);4-9H,16H2,1-3H3,(H,17,18). The largest absolute Gasteiger partial charge is 0.478 e. The Morgan fingerprint density at radius 2 is 0.667 bits per heavy atom. The van der Waals surface area contributed by atoms with Gasteiger partial charge in [0.05, 0.1) is 39.7 Å². The second-order valence-corrected chi connectivity index (χ2v) is 33.5. The van der Waals surface area contributed by atoms with Gasteiger partial charge in [-0.05, 0) is 218 Å². The maximum absolute atomic E-state index is 13.3. The van der Waals surface area contributed by atoms with E-state index in [0.717, 1.165) is 147 Å². The van der Waals surface area contributed by atoms with Crippen LogP contribution >= 0.6 is 34.0 Å². The molecule has 0 atom stereocenters. The minimum absolute atomic E-state index is 0.158. The molecule has 0 radical (unpaired) electrons. The molecule has 604 valence electrons. The van der Waals surface area contributed by atoms with Crippen LogP contribution < -0.4 is 47.4 Å².